The number of fused-ring (bicyclic) bond motifs is 1. The van der Waals surface area contributed by atoms with Crippen LogP contribution in [0.3, 0.4) is 0 Å². The van der Waals surface area contributed by atoms with Crippen LogP contribution in [0.4, 0.5) is 5.82 Å². The molecule has 4 aromatic rings. The van der Waals surface area contributed by atoms with Crippen LogP contribution in [0.25, 0.3) is 10.8 Å². The van der Waals surface area contributed by atoms with E-state index < -0.39 is 0 Å². The lowest BCUT2D eigenvalue weighted by Gasteiger charge is -2.20. The van der Waals surface area contributed by atoms with Crippen molar-refractivity contribution in [2.75, 3.05) is 5.32 Å². The van der Waals surface area contributed by atoms with E-state index >= 15 is 0 Å². The Morgan fingerprint density at radius 2 is 1.79 bits per heavy atom. The van der Waals surface area contributed by atoms with Crippen LogP contribution in [0.2, 0.25) is 0 Å². The number of nitrogens with one attached hydrogen (secondary N) is 1. The number of hydrogen-bond donors (Lipinski definition) is 2. The average molecular weight is 316 g/mol. The third-order valence-corrected chi connectivity index (χ3v) is 4.02. The summed E-state index contributed by atoms with van der Waals surface area (Å²) in [6, 6.07) is 20.6. The molecule has 0 bridgehead atoms. The predicted octanol–water partition coefficient (Wildman–Crippen LogP) is 4.73. The van der Waals surface area contributed by atoms with Gasteiger partial charge in [-0.15, -0.1) is 0 Å². The number of pyridine rings is 1. The number of rotatable bonds is 4. The Morgan fingerprint density at radius 3 is 2.58 bits per heavy atom. The van der Waals surface area contributed by atoms with Gasteiger partial charge in [-0.2, -0.15) is 0 Å². The fourth-order valence-corrected chi connectivity index (χ4v) is 2.92. The molecular weight excluding hydrogens is 300 g/mol. The molecular formula is C20H16N2O2. The number of phenols is 1. The Hall–Kier alpha value is -3.27. The first kappa shape index (κ1) is 14.3. The summed E-state index contributed by atoms with van der Waals surface area (Å²) in [5.41, 5.74) is 0.772. The molecule has 0 saturated carbocycles. The SMILES string of the molecule is Oc1ccc2ccccc2c1C(Nc1ccccn1)c1ccco1. The van der Waals surface area contributed by atoms with Gasteiger partial charge in [0.05, 0.1) is 6.26 Å². The minimum absolute atomic E-state index is 0.221. The molecule has 4 nitrogen and oxygen atoms in total. The Balaban J connectivity index is 1.90. The van der Waals surface area contributed by atoms with Crippen molar-refractivity contribution in [3.63, 3.8) is 0 Å². The standard InChI is InChI=1S/C20H16N2O2/c23-16-11-10-14-6-1-2-7-15(14)19(16)20(17-8-5-13-24-17)22-18-9-3-4-12-21-18/h1-13,20,23H,(H,21,22). The maximum absolute atomic E-state index is 10.6. The third kappa shape index (κ3) is 2.58. The first-order chi connectivity index (χ1) is 11.8. The molecule has 4 heteroatoms. The number of aromatic nitrogens is 1. The van der Waals surface area contributed by atoms with Gasteiger partial charge in [-0.25, -0.2) is 4.98 Å². The molecule has 0 aliphatic carbocycles. The molecule has 4 rings (SSSR count). The summed E-state index contributed by atoms with van der Waals surface area (Å²) >= 11 is 0. The molecule has 2 N–H and O–H groups in total. The zero-order valence-corrected chi connectivity index (χ0v) is 12.9. The molecule has 118 valence electrons. The van der Waals surface area contributed by atoms with Crippen LogP contribution < -0.4 is 5.32 Å². The lowest BCUT2D eigenvalue weighted by atomic mass is 9.96. The van der Waals surface area contributed by atoms with Crippen molar-refractivity contribution in [1.29, 1.82) is 0 Å². The zero-order valence-electron chi connectivity index (χ0n) is 12.9. The van der Waals surface area contributed by atoms with E-state index in [4.69, 9.17) is 4.42 Å². The topological polar surface area (TPSA) is 58.3 Å². The second-order valence-electron chi connectivity index (χ2n) is 5.53. The minimum atomic E-state index is -0.346. The van der Waals surface area contributed by atoms with Crippen LogP contribution in [0.1, 0.15) is 17.4 Å². The highest BCUT2D eigenvalue weighted by Crippen LogP contribution is 2.37. The van der Waals surface area contributed by atoms with E-state index in [1.165, 1.54) is 0 Å². The van der Waals surface area contributed by atoms with Crippen molar-refractivity contribution in [1.82, 2.24) is 4.98 Å². The van der Waals surface area contributed by atoms with Gasteiger partial charge in [-0.1, -0.05) is 36.4 Å². The first-order valence-electron chi connectivity index (χ1n) is 7.74. The summed E-state index contributed by atoms with van der Waals surface area (Å²) in [4.78, 5) is 4.33. The number of aromatic hydroxyl groups is 1. The van der Waals surface area contributed by atoms with E-state index in [9.17, 15) is 5.11 Å². The molecule has 1 unspecified atom stereocenters. The Morgan fingerprint density at radius 1 is 0.917 bits per heavy atom. The summed E-state index contributed by atoms with van der Waals surface area (Å²) in [7, 11) is 0. The highest BCUT2D eigenvalue weighted by atomic mass is 16.3. The highest BCUT2D eigenvalue weighted by Gasteiger charge is 2.23. The van der Waals surface area contributed by atoms with Crippen molar-refractivity contribution >= 4 is 16.6 Å². The van der Waals surface area contributed by atoms with Crippen LogP contribution in [-0.2, 0) is 0 Å². The maximum Gasteiger partial charge on any atom is 0.130 e. The molecule has 2 aromatic heterocycles. The summed E-state index contributed by atoms with van der Waals surface area (Å²) < 4.78 is 5.62. The van der Waals surface area contributed by atoms with Gasteiger partial charge in [-0.3, -0.25) is 0 Å². The number of benzene rings is 2. The van der Waals surface area contributed by atoms with E-state index in [0.717, 1.165) is 16.3 Å². The van der Waals surface area contributed by atoms with Gasteiger partial charge in [0.25, 0.3) is 0 Å². The van der Waals surface area contributed by atoms with Gasteiger partial charge in [0.1, 0.15) is 23.4 Å². The van der Waals surface area contributed by atoms with E-state index in [2.05, 4.69) is 10.3 Å². The van der Waals surface area contributed by atoms with Crippen molar-refractivity contribution in [3.8, 4) is 5.75 Å². The number of phenolic OH excluding ortho intramolecular Hbond substituents is 1. The molecule has 2 heterocycles. The van der Waals surface area contributed by atoms with E-state index in [1.54, 1.807) is 18.5 Å². The number of furan rings is 1. The first-order valence-corrected chi connectivity index (χ1v) is 7.74. The summed E-state index contributed by atoms with van der Waals surface area (Å²) in [5, 5.41) is 16.0. The summed E-state index contributed by atoms with van der Waals surface area (Å²) in [5.74, 6) is 1.65. The number of anilines is 1. The molecule has 0 fully saturated rings. The van der Waals surface area contributed by atoms with Crippen molar-refractivity contribution in [2.45, 2.75) is 6.04 Å². The normalized spacial score (nSPS) is 12.2. The van der Waals surface area contributed by atoms with Gasteiger partial charge >= 0.3 is 0 Å². The molecule has 0 radical (unpaired) electrons. The van der Waals surface area contributed by atoms with E-state index in [-0.39, 0.29) is 11.8 Å². The average Bonchev–Trinajstić information content (AvgIpc) is 3.15. The third-order valence-electron chi connectivity index (χ3n) is 4.02. The van der Waals surface area contributed by atoms with Crippen LogP contribution in [0.5, 0.6) is 5.75 Å². The smallest absolute Gasteiger partial charge is 0.130 e. The second-order valence-corrected chi connectivity index (χ2v) is 5.53. The summed E-state index contributed by atoms with van der Waals surface area (Å²) in [6.45, 7) is 0. The Kier molecular flexibility index (Phi) is 3.63. The molecule has 0 spiro atoms. The van der Waals surface area contributed by atoms with Crippen molar-refractivity contribution in [3.05, 3.63) is 90.5 Å². The number of nitrogens with zero attached hydrogens (tertiary/aromatic N) is 1. The van der Waals surface area contributed by atoms with Crippen molar-refractivity contribution < 1.29 is 9.52 Å². The van der Waals surface area contributed by atoms with Gasteiger partial charge in [0, 0.05) is 11.8 Å². The van der Waals surface area contributed by atoms with Gasteiger partial charge in [-0.05, 0) is 41.1 Å². The second kappa shape index (κ2) is 6.08. The lowest BCUT2D eigenvalue weighted by molar-refractivity contribution is 0.456. The fraction of sp³-hybridized carbons (Fsp3) is 0.0500. The van der Waals surface area contributed by atoms with E-state index in [1.807, 2.05) is 60.7 Å². The van der Waals surface area contributed by atoms with Gasteiger partial charge in [0.2, 0.25) is 0 Å². The maximum atomic E-state index is 10.6. The lowest BCUT2D eigenvalue weighted by Crippen LogP contribution is -2.13. The predicted molar refractivity (Wildman–Crippen MR) is 94.0 cm³/mol. The van der Waals surface area contributed by atoms with Gasteiger partial charge < -0.3 is 14.8 Å². The summed E-state index contributed by atoms with van der Waals surface area (Å²) in [6.07, 6.45) is 3.36. The van der Waals surface area contributed by atoms with Crippen LogP contribution in [0.15, 0.2) is 83.6 Å². The van der Waals surface area contributed by atoms with Gasteiger partial charge in [0.15, 0.2) is 0 Å². The van der Waals surface area contributed by atoms with E-state index in [0.29, 0.717) is 11.6 Å². The fourth-order valence-electron chi connectivity index (χ4n) is 2.92. The molecule has 2 aromatic carbocycles. The molecule has 0 aliphatic heterocycles. The van der Waals surface area contributed by atoms with Crippen molar-refractivity contribution in [2.24, 2.45) is 0 Å². The monoisotopic (exact) mass is 316 g/mol. The molecule has 0 amide bonds. The molecule has 1 atom stereocenters. The zero-order chi connectivity index (χ0) is 16.4. The minimum Gasteiger partial charge on any atom is -0.508 e. The largest absolute Gasteiger partial charge is 0.508 e. The Labute approximate surface area is 139 Å². The molecule has 0 saturated heterocycles. The molecule has 24 heavy (non-hydrogen) atoms. The molecule has 0 aliphatic rings. The van der Waals surface area contributed by atoms with Crippen LogP contribution in [-0.4, -0.2) is 10.1 Å². The van der Waals surface area contributed by atoms with Crippen LogP contribution in [0, 0.1) is 0 Å². The highest BCUT2D eigenvalue weighted by molar-refractivity contribution is 5.88. The quantitative estimate of drug-likeness (QED) is 0.571. The number of hydrogen-bond acceptors (Lipinski definition) is 4. The Bertz CT molecular complexity index is 950. The van der Waals surface area contributed by atoms with Crippen LogP contribution >= 0.6 is 0 Å².